The number of nitrogens with one attached hydrogen (secondary N) is 4. The number of hydrogen-bond donors (Lipinski definition) is 4. The number of urea groups is 1. The minimum Gasteiger partial charge on any atom is -0.371 e. The molecule has 0 bridgehead atoms. The highest BCUT2D eigenvalue weighted by Crippen LogP contribution is 2.29. The number of aromatic nitrogens is 2. The predicted molar refractivity (Wildman–Crippen MR) is 220 cm³/mol. The Morgan fingerprint density at radius 2 is 1.57 bits per heavy atom. The van der Waals surface area contributed by atoms with Crippen LogP contribution in [0.2, 0.25) is 0 Å². The van der Waals surface area contributed by atoms with Crippen LogP contribution in [0.3, 0.4) is 0 Å². The molecule has 4 aromatic rings. The SMILES string of the molecule is Cc1cnc(Nc2ccc(N3CCC(N4CCN(Cc5ccccc5N5CCC(=O)NC5=O)CC4)CC3)cc2)nc1Nc1cccc(S(=O)(=O)NC(C)(C)C)c1. The van der Waals surface area contributed by atoms with E-state index in [1.54, 1.807) is 35.4 Å². The lowest BCUT2D eigenvalue weighted by Crippen LogP contribution is -2.53. The van der Waals surface area contributed by atoms with Crippen LogP contribution >= 0.6 is 0 Å². The molecule has 3 aliphatic heterocycles. The van der Waals surface area contributed by atoms with E-state index in [0.717, 1.165) is 81.2 Å². The Hall–Kier alpha value is -5.09. The zero-order valence-electron chi connectivity index (χ0n) is 32.6. The largest absolute Gasteiger partial charge is 0.371 e. The number of aryl methyl sites for hydroxylation is 1. The number of carbonyl (C=O) groups is 2. The third-order valence-corrected chi connectivity index (χ3v) is 12.2. The van der Waals surface area contributed by atoms with Gasteiger partial charge in [0.15, 0.2) is 0 Å². The van der Waals surface area contributed by atoms with Crippen molar-refractivity contribution in [3.05, 3.63) is 90.1 Å². The highest BCUT2D eigenvalue weighted by Gasteiger charge is 2.30. The molecule has 0 atom stereocenters. The van der Waals surface area contributed by atoms with E-state index in [-0.39, 0.29) is 16.8 Å². The van der Waals surface area contributed by atoms with Gasteiger partial charge in [0, 0.05) is 105 Å². The van der Waals surface area contributed by atoms with Crippen LogP contribution < -0.4 is 30.5 Å². The van der Waals surface area contributed by atoms with Crippen molar-refractivity contribution in [2.75, 3.05) is 66.2 Å². The van der Waals surface area contributed by atoms with Gasteiger partial charge in [0.1, 0.15) is 5.82 Å². The van der Waals surface area contributed by atoms with Crippen LogP contribution in [-0.4, -0.2) is 97.5 Å². The Morgan fingerprint density at radius 1 is 0.839 bits per heavy atom. The summed E-state index contributed by atoms with van der Waals surface area (Å²) in [7, 11) is -3.69. The molecule has 7 rings (SSSR count). The summed E-state index contributed by atoms with van der Waals surface area (Å²) in [5, 5.41) is 9.02. The second-order valence-electron chi connectivity index (χ2n) is 15.8. The van der Waals surface area contributed by atoms with Crippen molar-refractivity contribution in [3.63, 3.8) is 0 Å². The highest BCUT2D eigenvalue weighted by molar-refractivity contribution is 7.89. The van der Waals surface area contributed by atoms with E-state index in [1.165, 1.54) is 5.69 Å². The second kappa shape index (κ2) is 16.6. The van der Waals surface area contributed by atoms with Gasteiger partial charge < -0.3 is 15.5 Å². The lowest BCUT2D eigenvalue weighted by Gasteiger charge is -2.43. The van der Waals surface area contributed by atoms with E-state index in [2.05, 4.69) is 63.5 Å². The van der Waals surface area contributed by atoms with Gasteiger partial charge in [0.05, 0.1) is 4.90 Å². The number of anilines is 6. The molecule has 4 heterocycles. The van der Waals surface area contributed by atoms with Crippen LogP contribution in [0.1, 0.15) is 51.2 Å². The Kier molecular flexibility index (Phi) is 11.6. The average Bonchev–Trinajstić information content (AvgIpc) is 3.17. The van der Waals surface area contributed by atoms with Crippen molar-refractivity contribution in [1.29, 1.82) is 0 Å². The number of nitrogens with zero attached hydrogens (tertiary/aromatic N) is 6. The van der Waals surface area contributed by atoms with Crippen molar-refractivity contribution in [2.45, 2.75) is 70.0 Å². The van der Waals surface area contributed by atoms with Crippen molar-refractivity contribution >= 4 is 56.5 Å². The van der Waals surface area contributed by atoms with Crippen molar-refractivity contribution in [3.8, 4) is 0 Å². The van der Waals surface area contributed by atoms with Crippen molar-refractivity contribution in [2.24, 2.45) is 0 Å². The molecule has 1 aromatic heterocycles. The van der Waals surface area contributed by atoms with E-state index in [9.17, 15) is 18.0 Å². The summed E-state index contributed by atoms with van der Waals surface area (Å²) in [5.74, 6) is 0.791. The van der Waals surface area contributed by atoms with Gasteiger partial charge >= 0.3 is 6.03 Å². The lowest BCUT2D eigenvalue weighted by atomic mass is 10.0. The summed E-state index contributed by atoms with van der Waals surface area (Å²) < 4.78 is 28.5. The minimum atomic E-state index is -3.69. The fourth-order valence-electron chi connectivity index (χ4n) is 7.57. The molecular weight excluding hydrogens is 729 g/mol. The average molecular weight is 781 g/mol. The molecule has 3 fully saturated rings. The fraction of sp³-hybridized carbons (Fsp3) is 0.415. The molecular formula is C41H52N10O4S. The van der Waals surface area contributed by atoms with E-state index in [4.69, 9.17) is 0 Å². The number of hydrogen-bond acceptors (Lipinski definition) is 11. The summed E-state index contributed by atoms with van der Waals surface area (Å²) >= 11 is 0. The molecule has 0 unspecified atom stereocenters. The van der Waals surface area contributed by atoms with Crippen LogP contribution in [0, 0.1) is 6.92 Å². The highest BCUT2D eigenvalue weighted by atomic mass is 32.2. The zero-order chi connectivity index (χ0) is 39.5. The number of rotatable bonds is 11. The van der Waals surface area contributed by atoms with E-state index in [0.29, 0.717) is 36.5 Å². The molecule has 3 amide bonds. The molecule has 3 aliphatic rings. The standard InChI is InChI=1S/C41H52N10O4S/c1-29-27-42-39(46-38(29)43-32-9-7-10-35(26-32)56(54,55)47-41(2,3)4)44-31-12-14-33(15-13-31)49-19-16-34(17-20-49)50-24-22-48(23-25-50)28-30-8-5-6-11-36(30)51-21-18-37(52)45-40(51)53/h5-15,26-27,34,47H,16-25,28H2,1-4H3,(H,45,52,53)(H2,42,43,44,46). The first-order valence-corrected chi connectivity index (χ1v) is 20.8. The smallest absolute Gasteiger partial charge is 0.328 e. The first-order chi connectivity index (χ1) is 26.8. The third-order valence-electron chi connectivity index (χ3n) is 10.4. The summed E-state index contributed by atoms with van der Waals surface area (Å²) in [6, 6.07) is 23.3. The molecule has 56 heavy (non-hydrogen) atoms. The summed E-state index contributed by atoms with van der Waals surface area (Å²) in [6.07, 6.45) is 4.28. The Balaban J connectivity index is 0.888. The topological polar surface area (TPSA) is 155 Å². The van der Waals surface area contributed by atoms with Gasteiger partial charge in [-0.05, 0) is 94.6 Å². The van der Waals surface area contributed by atoms with Crippen LogP contribution in [0.4, 0.5) is 39.3 Å². The molecule has 4 N–H and O–H groups in total. The first kappa shape index (κ1) is 39.2. The van der Waals surface area contributed by atoms with Crippen LogP contribution in [0.25, 0.3) is 0 Å². The minimum absolute atomic E-state index is 0.174. The maximum atomic E-state index is 12.9. The summed E-state index contributed by atoms with van der Waals surface area (Å²) in [6.45, 7) is 14.5. The van der Waals surface area contributed by atoms with Crippen molar-refractivity contribution in [1.82, 2.24) is 29.8 Å². The Morgan fingerprint density at radius 3 is 2.29 bits per heavy atom. The lowest BCUT2D eigenvalue weighted by molar-refractivity contribution is -0.120. The van der Waals surface area contributed by atoms with E-state index >= 15 is 0 Å². The fourth-order valence-corrected chi connectivity index (χ4v) is 9.04. The van der Waals surface area contributed by atoms with Gasteiger partial charge in [-0.3, -0.25) is 24.8 Å². The van der Waals surface area contributed by atoms with Gasteiger partial charge in [0.25, 0.3) is 0 Å². The number of piperazine rings is 1. The van der Waals surface area contributed by atoms with E-state index < -0.39 is 15.6 Å². The zero-order valence-corrected chi connectivity index (χ0v) is 33.4. The second-order valence-corrected chi connectivity index (χ2v) is 17.5. The maximum Gasteiger partial charge on any atom is 0.328 e. The van der Waals surface area contributed by atoms with Gasteiger partial charge in [-0.15, -0.1) is 0 Å². The molecule has 3 aromatic carbocycles. The van der Waals surface area contributed by atoms with Gasteiger partial charge in [0.2, 0.25) is 21.9 Å². The monoisotopic (exact) mass is 780 g/mol. The van der Waals surface area contributed by atoms with Gasteiger partial charge in [-0.25, -0.2) is 22.9 Å². The summed E-state index contributed by atoms with van der Waals surface area (Å²) in [4.78, 5) is 42.8. The van der Waals surface area contributed by atoms with E-state index in [1.807, 2.05) is 58.0 Å². The molecule has 296 valence electrons. The predicted octanol–water partition coefficient (Wildman–Crippen LogP) is 5.58. The molecule has 14 nitrogen and oxygen atoms in total. The molecule has 15 heteroatoms. The normalized spacial score (nSPS) is 17.9. The molecule has 0 aliphatic carbocycles. The molecule has 0 saturated carbocycles. The molecule has 0 radical (unpaired) electrons. The van der Waals surface area contributed by atoms with Crippen LogP contribution in [0.15, 0.2) is 83.9 Å². The number of imide groups is 1. The first-order valence-electron chi connectivity index (χ1n) is 19.3. The number of sulfonamides is 1. The summed E-state index contributed by atoms with van der Waals surface area (Å²) in [5.41, 5.74) is 4.87. The van der Waals surface area contributed by atoms with Crippen LogP contribution in [0.5, 0.6) is 0 Å². The van der Waals surface area contributed by atoms with Crippen LogP contribution in [-0.2, 0) is 21.4 Å². The Labute approximate surface area is 329 Å². The number of benzene rings is 3. The Bertz CT molecular complexity index is 2140. The quantitative estimate of drug-likeness (QED) is 0.151. The van der Waals surface area contributed by atoms with Gasteiger partial charge in [-0.1, -0.05) is 24.3 Å². The molecule has 3 saturated heterocycles. The van der Waals surface area contributed by atoms with Crippen molar-refractivity contribution < 1.29 is 18.0 Å². The number of piperidine rings is 1. The van der Waals surface area contributed by atoms with Gasteiger partial charge in [-0.2, -0.15) is 4.98 Å². The number of carbonyl (C=O) groups excluding carboxylic acids is 2. The third kappa shape index (κ3) is 9.64. The maximum absolute atomic E-state index is 12.9. The number of amides is 3. The number of para-hydroxylation sites is 1. The molecule has 0 spiro atoms.